The van der Waals surface area contributed by atoms with Crippen molar-refractivity contribution in [1.29, 1.82) is 0 Å². The van der Waals surface area contributed by atoms with E-state index in [4.69, 9.17) is 16.3 Å². The lowest BCUT2D eigenvalue weighted by Gasteiger charge is -2.10. The van der Waals surface area contributed by atoms with Crippen LogP contribution in [-0.2, 0) is 12.8 Å². The summed E-state index contributed by atoms with van der Waals surface area (Å²) in [5, 5.41) is 1.14. The second-order valence-corrected chi connectivity index (χ2v) is 5.41. The molecule has 1 aromatic heterocycles. The standard InChI is InChI=1S/C15H16ClNO2/c1-19-14-8-13-10(7-11(14)16)15(18)9-5-3-2-4-6-12(9)17-13/h7-8H,2-6H2,1H3,(H,17,18). The SMILES string of the molecule is COc1cc2[nH]c3c(c(=O)c2cc1Cl)CCCCC3. The van der Waals surface area contributed by atoms with Gasteiger partial charge in [0, 0.05) is 22.7 Å². The third-order valence-corrected chi connectivity index (χ3v) is 4.11. The molecule has 1 heterocycles. The number of hydrogen-bond acceptors (Lipinski definition) is 2. The lowest BCUT2D eigenvalue weighted by molar-refractivity contribution is 0.415. The van der Waals surface area contributed by atoms with Crippen molar-refractivity contribution in [3.05, 3.63) is 38.6 Å². The van der Waals surface area contributed by atoms with Crippen LogP contribution in [0.3, 0.4) is 0 Å². The van der Waals surface area contributed by atoms with E-state index >= 15 is 0 Å². The van der Waals surface area contributed by atoms with Gasteiger partial charge in [0.25, 0.3) is 0 Å². The molecule has 0 saturated carbocycles. The van der Waals surface area contributed by atoms with Crippen LogP contribution in [-0.4, -0.2) is 12.1 Å². The molecule has 3 rings (SSSR count). The summed E-state index contributed by atoms with van der Waals surface area (Å²) < 4.78 is 5.21. The normalized spacial score (nSPS) is 15.1. The number of ether oxygens (including phenoxy) is 1. The Labute approximate surface area is 116 Å². The molecule has 1 N–H and O–H groups in total. The fourth-order valence-corrected chi connectivity index (χ4v) is 3.04. The van der Waals surface area contributed by atoms with Crippen molar-refractivity contribution in [3.8, 4) is 5.75 Å². The van der Waals surface area contributed by atoms with Crippen LogP contribution >= 0.6 is 11.6 Å². The second-order valence-electron chi connectivity index (χ2n) is 5.00. The lowest BCUT2D eigenvalue weighted by atomic mass is 10.0. The smallest absolute Gasteiger partial charge is 0.192 e. The molecule has 1 aromatic carbocycles. The van der Waals surface area contributed by atoms with Crippen LogP contribution in [0.4, 0.5) is 0 Å². The molecule has 0 atom stereocenters. The Morgan fingerprint density at radius 3 is 2.79 bits per heavy atom. The van der Waals surface area contributed by atoms with Crippen molar-refractivity contribution < 1.29 is 4.74 Å². The van der Waals surface area contributed by atoms with Crippen LogP contribution in [0.1, 0.15) is 30.5 Å². The van der Waals surface area contributed by atoms with E-state index in [0.29, 0.717) is 16.2 Å². The van der Waals surface area contributed by atoms with E-state index in [-0.39, 0.29) is 5.43 Å². The molecule has 3 nitrogen and oxygen atoms in total. The van der Waals surface area contributed by atoms with E-state index in [1.807, 2.05) is 6.07 Å². The first kappa shape index (κ1) is 12.5. The molecule has 1 aliphatic carbocycles. The molecule has 0 bridgehead atoms. The van der Waals surface area contributed by atoms with Crippen LogP contribution in [0.5, 0.6) is 5.75 Å². The first-order valence-electron chi connectivity index (χ1n) is 6.62. The van der Waals surface area contributed by atoms with Crippen LogP contribution in [0.25, 0.3) is 10.9 Å². The number of halogens is 1. The zero-order valence-corrected chi connectivity index (χ0v) is 11.6. The van der Waals surface area contributed by atoms with Gasteiger partial charge in [0.2, 0.25) is 0 Å². The van der Waals surface area contributed by atoms with E-state index in [0.717, 1.165) is 42.5 Å². The number of aryl methyl sites for hydroxylation is 1. The third-order valence-electron chi connectivity index (χ3n) is 3.81. The van der Waals surface area contributed by atoms with Gasteiger partial charge in [-0.15, -0.1) is 0 Å². The van der Waals surface area contributed by atoms with E-state index in [9.17, 15) is 4.79 Å². The summed E-state index contributed by atoms with van der Waals surface area (Å²) in [5.74, 6) is 0.596. The van der Waals surface area contributed by atoms with Gasteiger partial charge in [-0.1, -0.05) is 18.0 Å². The van der Waals surface area contributed by atoms with Crippen molar-refractivity contribution in [1.82, 2.24) is 4.98 Å². The predicted molar refractivity (Wildman–Crippen MR) is 77.4 cm³/mol. The maximum atomic E-state index is 12.6. The molecule has 0 fully saturated rings. The highest BCUT2D eigenvalue weighted by Crippen LogP contribution is 2.29. The van der Waals surface area contributed by atoms with Gasteiger partial charge < -0.3 is 9.72 Å². The zero-order chi connectivity index (χ0) is 13.4. The average molecular weight is 278 g/mol. The van der Waals surface area contributed by atoms with Gasteiger partial charge >= 0.3 is 0 Å². The Bertz CT molecular complexity index is 691. The number of aromatic nitrogens is 1. The molecule has 2 aromatic rings. The predicted octanol–water partition coefficient (Wildman–Crippen LogP) is 3.46. The van der Waals surface area contributed by atoms with Gasteiger partial charge in [0.05, 0.1) is 17.6 Å². The number of pyridine rings is 1. The van der Waals surface area contributed by atoms with E-state index < -0.39 is 0 Å². The number of H-pyrrole nitrogens is 1. The summed E-state index contributed by atoms with van der Waals surface area (Å²) in [6, 6.07) is 3.52. The Morgan fingerprint density at radius 1 is 1.21 bits per heavy atom. The van der Waals surface area contributed by atoms with E-state index in [1.54, 1.807) is 13.2 Å². The molecule has 0 saturated heterocycles. The van der Waals surface area contributed by atoms with Crippen molar-refractivity contribution in [2.24, 2.45) is 0 Å². The molecule has 0 aliphatic heterocycles. The fourth-order valence-electron chi connectivity index (χ4n) is 2.80. The van der Waals surface area contributed by atoms with Crippen molar-refractivity contribution in [3.63, 3.8) is 0 Å². The Hall–Kier alpha value is -1.48. The third kappa shape index (κ3) is 2.12. The number of aromatic amines is 1. The molecule has 0 unspecified atom stereocenters. The van der Waals surface area contributed by atoms with E-state index in [1.165, 1.54) is 6.42 Å². The minimum absolute atomic E-state index is 0.121. The largest absolute Gasteiger partial charge is 0.495 e. The summed E-state index contributed by atoms with van der Waals surface area (Å²) in [4.78, 5) is 15.9. The van der Waals surface area contributed by atoms with Gasteiger partial charge in [-0.25, -0.2) is 0 Å². The lowest BCUT2D eigenvalue weighted by Crippen LogP contribution is -2.14. The number of benzene rings is 1. The number of fused-ring (bicyclic) bond motifs is 2. The van der Waals surface area contributed by atoms with Gasteiger partial charge in [-0.3, -0.25) is 4.79 Å². The molecule has 100 valence electrons. The number of methoxy groups -OCH3 is 1. The first-order valence-corrected chi connectivity index (χ1v) is 7.00. The van der Waals surface area contributed by atoms with Crippen LogP contribution in [0.2, 0.25) is 5.02 Å². The molecule has 19 heavy (non-hydrogen) atoms. The van der Waals surface area contributed by atoms with Crippen molar-refractivity contribution in [2.45, 2.75) is 32.1 Å². The van der Waals surface area contributed by atoms with Gasteiger partial charge in [0.1, 0.15) is 5.75 Å². The summed E-state index contributed by atoms with van der Waals surface area (Å²) in [7, 11) is 1.58. The minimum atomic E-state index is 0.121. The summed E-state index contributed by atoms with van der Waals surface area (Å²) in [5.41, 5.74) is 2.95. The topological polar surface area (TPSA) is 42.1 Å². The Balaban J connectivity index is 2.31. The highest BCUT2D eigenvalue weighted by Gasteiger charge is 2.16. The molecule has 0 radical (unpaired) electrons. The summed E-state index contributed by atoms with van der Waals surface area (Å²) in [6.07, 6.45) is 5.22. The second kappa shape index (κ2) is 4.89. The summed E-state index contributed by atoms with van der Waals surface area (Å²) >= 11 is 6.11. The highest BCUT2D eigenvalue weighted by atomic mass is 35.5. The van der Waals surface area contributed by atoms with Crippen LogP contribution in [0, 0.1) is 0 Å². The molecule has 0 spiro atoms. The molecule has 4 heteroatoms. The number of hydrogen-bond donors (Lipinski definition) is 1. The quantitative estimate of drug-likeness (QED) is 0.811. The molecular weight excluding hydrogens is 262 g/mol. The van der Waals surface area contributed by atoms with Crippen LogP contribution < -0.4 is 10.2 Å². The Morgan fingerprint density at radius 2 is 2.00 bits per heavy atom. The van der Waals surface area contributed by atoms with Crippen molar-refractivity contribution >= 4 is 22.5 Å². The molecule has 0 amide bonds. The Kier molecular flexibility index (Phi) is 3.23. The van der Waals surface area contributed by atoms with E-state index in [2.05, 4.69) is 4.98 Å². The van der Waals surface area contributed by atoms with Gasteiger partial charge in [-0.2, -0.15) is 0 Å². The highest BCUT2D eigenvalue weighted by molar-refractivity contribution is 6.32. The van der Waals surface area contributed by atoms with Crippen LogP contribution in [0.15, 0.2) is 16.9 Å². The molecular formula is C15H16ClNO2. The molecule has 1 aliphatic rings. The number of rotatable bonds is 1. The fraction of sp³-hybridized carbons (Fsp3) is 0.400. The monoisotopic (exact) mass is 277 g/mol. The van der Waals surface area contributed by atoms with Gasteiger partial charge in [-0.05, 0) is 31.7 Å². The summed E-state index contributed by atoms with van der Waals surface area (Å²) in [6.45, 7) is 0. The first-order chi connectivity index (χ1) is 9.20. The maximum absolute atomic E-state index is 12.6. The van der Waals surface area contributed by atoms with Gasteiger partial charge in [0.15, 0.2) is 5.43 Å². The maximum Gasteiger partial charge on any atom is 0.192 e. The zero-order valence-electron chi connectivity index (χ0n) is 10.9. The average Bonchev–Trinajstić information content (AvgIpc) is 2.65. The number of nitrogens with one attached hydrogen (secondary N) is 1. The van der Waals surface area contributed by atoms with Crippen molar-refractivity contribution in [2.75, 3.05) is 7.11 Å². The minimum Gasteiger partial charge on any atom is -0.495 e.